The van der Waals surface area contributed by atoms with Gasteiger partial charge in [0.25, 0.3) is 0 Å². The van der Waals surface area contributed by atoms with Crippen LogP contribution in [0, 0.1) is 6.92 Å². The molecule has 3 heteroatoms. The Bertz CT molecular complexity index is 321. The fourth-order valence-electron chi connectivity index (χ4n) is 1.19. The van der Waals surface area contributed by atoms with Crippen molar-refractivity contribution in [2.45, 2.75) is 31.6 Å². The van der Waals surface area contributed by atoms with Crippen LogP contribution in [0.25, 0.3) is 0 Å². The second kappa shape index (κ2) is 5.91. The highest BCUT2D eigenvalue weighted by atomic mass is 79.9. The van der Waals surface area contributed by atoms with Gasteiger partial charge >= 0.3 is 0 Å². The smallest absolute Gasteiger partial charge is 0.234 e. The quantitative estimate of drug-likeness (QED) is 0.837. The second-order valence-electron chi connectivity index (χ2n) is 3.58. The van der Waals surface area contributed by atoms with Crippen LogP contribution >= 0.6 is 15.9 Å². The number of benzene rings is 1. The molecule has 0 aliphatic heterocycles. The van der Waals surface area contributed by atoms with E-state index in [0.29, 0.717) is 6.54 Å². The van der Waals surface area contributed by atoms with Crippen LogP contribution in [0.2, 0.25) is 0 Å². The van der Waals surface area contributed by atoms with Crippen LogP contribution in [0.15, 0.2) is 24.3 Å². The van der Waals surface area contributed by atoms with E-state index >= 15 is 0 Å². The molecule has 82 valence electrons. The Morgan fingerprint density at radius 2 is 2.00 bits per heavy atom. The van der Waals surface area contributed by atoms with Crippen LogP contribution in [0.5, 0.6) is 0 Å². The van der Waals surface area contributed by atoms with Gasteiger partial charge in [0.1, 0.15) is 0 Å². The van der Waals surface area contributed by atoms with E-state index in [1.807, 2.05) is 38.1 Å². The summed E-state index contributed by atoms with van der Waals surface area (Å²) >= 11 is 3.32. The Morgan fingerprint density at radius 1 is 1.40 bits per heavy atom. The summed E-state index contributed by atoms with van der Waals surface area (Å²) in [6, 6.07) is 8.16. The van der Waals surface area contributed by atoms with E-state index in [2.05, 4.69) is 21.2 Å². The molecule has 15 heavy (non-hydrogen) atoms. The van der Waals surface area contributed by atoms with Crippen LogP contribution in [0.3, 0.4) is 0 Å². The molecule has 2 nitrogen and oxygen atoms in total. The summed E-state index contributed by atoms with van der Waals surface area (Å²) in [4.78, 5) is 11.4. The molecule has 0 saturated heterocycles. The molecule has 1 aromatic rings. The van der Waals surface area contributed by atoms with Gasteiger partial charge in [0.2, 0.25) is 5.91 Å². The standard InChI is InChI=1S/C12H16BrNO/c1-3-11(13)12(15)14-8-10-6-4-9(2)5-7-10/h4-7,11H,3,8H2,1-2H3,(H,14,15). The average molecular weight is 270 g/mol. The van der Waals surface area contributed by atoms with Crippen molar-refractivity contribution < 1.29 is 4.79 Å². The van der Waals surface area contributed by atoms with E-state index in [0.717, 1.165) is 12.0 Å². The molecule has 1 N–H and O–H groups in total. The zero-order valence-electron chi connectivity index (χ0n) is 9.09. The van der Waals surface area contributed by atoms with E-state index in [-0.39, 0.29) is 10.7 Å². The number of halogens is 1. The van der Waals surface area contributed by atoms with Gasteiger partial charge < -0.3 is 5.32 Å². The first-order valence-electron chi connectivity index (χ1n) is 5.10. The third-order valence-corrected chi connectivity index (χ3v) is 3.29. The maximum Gasteiger partial charge on any atom is 0.234 e. The highest BCUT2D eigenvalue weighted by molar-refractivity contribution is 9.10. The summed E-state index contributed by atoms with van der Waals surface area (Å²) in [5, 5.41) is 2.88. The van der Waals surface area contributed by atoms with Crippen LogP contribution in [0.1, 0.15) is 24.5 Å². The molecule has 0 bridgehead atoms. The zero-order valence-corrected chi connectivity index (χ0v) is 10.7. The number of aryl methyl sites for hydroxylation is 1. The van der Waals surface area contributed by atoms with Crippen LogP contribution in [-0.4, -0.2) is 10.7 Å². The molecule has 0 aliphatic carbocycles. The lowest BCUT2D eigenvalue weighted by Crippen LogP contribution is -2.30. The van der Waals surface area contributed by atoms with Crippen molar-refractivity contribution in [1.29, 1.82) is 0 Å². The van der Waals surface area contributed by atoms with Gasteiger partial charge in [-0.05, 0) is 18.9 Å². The third-order valence-electron chi connectivity index (χ3n) is 2.23. The van der Waals surface area contributed by atoms with Gasteiger partial charge in [-0.1, -0.05) is 52.7 Å². The van der Waals surface area contributed by atoms with Crippen molar-refractivity contribution in [2.24, 2.45) is 0 Å². The van der Waals surface area contributed by atoms with Crippen molar-refractivity contribution in [3.63, 3.8) is 0 Å². The first-order valence-corrected chi connectivity index (χ1v) is 6.02. The number of hydrogen-bond donors (Lipinski definition) is 1. The molecule has 0 spiro atoms. The first-order chi connectivity index (χ1) is 7.13. The second-order valence-corrected chi connectivity index (χ2v) is 4.68. The van der Waals surface area contributed by atoms with Crippen LogP contribution < -0.4 is 5.32 Å². The van der Waals surface area contributed by atoms with E-state index in [4.69, 9.17) is 0 Å². The normalized spacial score (nSPS) is 12.2. The van der Waals surface area contributed by atoms with Gasteiger partial charge in [-0.2, -0.15) is 0 Å². The minimum Gasteiger partial charge on any atom is -0.351 e. The molecule has 0 saturated carbocycles. The lowest BCUT2D eigenvalue weighted by Gasteiger charge is -2.08. The lowest BCUT2D eigenvalue weighted by atomic mass is 10.1. The monoisotopic (exact) mass is 269 g/mol. The topological polar surface area (TPSA) is 29.1 Å². The van der Waals surface area contributed by atoms with E-state index < -0.39 is 0 Å². The van der Waals surface area contributed by atoms with Crippen molar-refractivity contribution >= 4 is 21.8 Å². The fraction of sp³-hybridized carbons (Fsp3) is 0.417. The van der Waals surface area contributed by atoms with Gasteiger partial charge in [0.15, 0.2) is 0 Å². The molecule has 1 amide bonds. The molecule has 1 aromatic carbocycles. The molecule has 0 aliphatic rings. The Labute approximate surface area is 99.2 Å². The van der Waals surface area contributed by atoms with E-state index in [9.17, 15) is 4.79 Å². The number of carbonyl (C=O) groups is 1. The Hall–Kier alpha value is -0.830. The molecule has 0 fully saturated rings. The number of alkyl halides is 1. The summed E-state index contributed by atoms with van der Waals surface area (Å²) in [5.41, 5.74) is 2.36. The highest BCUT2D eigenvalue weighted by Crippen LogP contribution is 2.06. The molecular formula is C12H16BrNO. The molecule has 0 aromatic heterocycles. The predicted octanol–water partition coefficient (Wildman–Crippen LogP) is 2.78. The summed E-state index contributed by atoms with van der Waals surface area (Å²) < 4.78 is 0. The molecule has 1 unspecified atom stereocenters. The van der Waals surface area contributed by atoms with Gasteiger partial charge in [-0.3, -0.25) is 4.79 Å². The molecule has 1 atom stereocenters. The first kappa shape index (κ1) is 12.2. The van der Waals surface area contributed by atoms with Gasteiger partial charge in [0, 0.05) is 6.54 Å². The summed E-state index contributed by atoms with van der Waals surface area (Å²) in [7, 11) is 0. The number of carbonyl (C=O) groups excluding carboxylic acids is 1. The average Bonchev–Trinajstić information content (AvgIpc) is 2.26. The molecule has 1 rings (SSSR count). The number of nitrogens with one attached hydrogen (secondary N) is 1. The zero-order chi connectivity index (χ0) is 11.3. The lowest BCUT2D eigenvalue weighted by molar-refractivity contribution is -0.120. The van der Waals surface area contributed by atoms with E-state index in [1.165, 1.54) is 5.56 Å². The van der Waals surface area contributed by atoms with Crippen molar-refractivity contribution in [1.82, 2.24) is 5.32 Å². The van der Waals surface area contributed by atoms with Gasteiger partial charge in [0.05, 0.1) is 4.83 Å². The molecular weight excluding hydrogens is 254 g/mol. The summed E-state index contributed by atoms with van der Waals surface area (Å²) in [6.45, 7) is 4.63. The van der Waals surface area contributed by atoms with Crippen molar-refractivity contribution in [2.75, 3.05) is 0 Å². The number of hydrogen-bond acceptors (Lipinski definition) is 1. The SMILES string of the molecule is CCC(Br)C(=O)NCc1ccc(C)cc1. The maximum atomic E-state index is 11.5. The van der Waals surface area contributed by atoms with Crippen molar-refractivity contribution in [3.8, 4) is 0 Å². The Morgan fingerprint density at radius 3 is 2.53 bits per heavy atom. The van der Waals surface area contributed by atoms with Crippen molar-refractivity contribution in [3.05, 3.63) is 35.4 Å². The van der Waals surface area contributed by atoms with E-state index in [1.54, 1.807) is 0 Å². The largest absolute Gasteiger partial charge is 0.351 e. The fourth-order valence-corrected chi connectivity index (χ4v) is 1.35. The highest BCUT2D eigenvalue weighted by Gasteiger charge is 2.10. The summed E-state index contributed by atoms with van der Waals surface area (Å²) in [6.07, 6.45) is 0.805. The van der Waals surface area contributed by atoms with Gasteiger partial charge in [-0.15, -0.1) is 0 Å². The van der Waals surface area contributed by atoms with Crippen LogP contribution in [0.4, 0.5) is 0 Å². The number of amides is 1. The predicted molar refractivity (Wildman–Crippen MR) is 66.0 cm³/mol. The minimum atomic E-state index is -0.0806. The van der Waals surface area contributed by atoms with Crippen LogP contribution in [-0.2, 0) is 11.3 Å². The minimum absolute atomic E-state index is 0.0538. The maximum absolute atomic E-state index is 11.5. The molecule has 0 heterocycles. The Balaban J connectivity index is 2.43. The number of rotatable bonds is 4. The molecule has 0 radical (unpaired) electrons. The third kappa shape index (κ3) is 4.04. The summed E-state index contributed by atoms with van der Waals surface area (Å²) in [5.74, 6) is 0.0538. The van der Waals surface area contributed by atoms with Gasteiger partial charge in [-0.25, -0.2) is 0 Å². The Kier molecular flexibility index (Phi) is 4.82.